The first kappa shape index (κ1) is 21.7. The summed E-state index contributed by atoms with van der Waals surface area (Å²) in [4.78, 5) is 0. The van der Waals surface area contributed by atoms with Crippen LogP contribution in [-0.2, 0) is 5.75 Å². The third kappa shape index (κ3) is 9.08. The maximum Gasteiger partial charge on any atom is 0.0560 e. The van der Waals surface area contributed by atoms with Crippen LogP contribution in [0, 0.1) is 11.8 Å². The fourth-order valence-electron chi connectivity index (χ4n) is 2.81. The molecule has 0 heterocycles. The van der Waals surface area contributed by atoms with Crippen molar-refractivity contribution in [2.75, 3.05) is 0 Å². The normalized spacial score (nSPS) is 15.0. The predicted molar refractivity (Wildman–Crippen MR) is 117 cm³/mol. The molecule has 2 N–H and O–H groups in total. The number of rotatable bonds is 12. The third-order valence-electron chi connectivity index (χ3n) is 4.00. The zero-order chi connectivity index (χ0) is 18.8. The van der Waals surface area contributed by atoms with Crippen molar-refractivity contribution in [3.8, 4) is 0 Å². The molecule has 0 amide bonds. The Kier molecular flexibility index (Phi) is 9.84. The minimum Gasteiger partial charge on any atom is -0.381 e. The largest absolute Gasteiger partial charge is 0.381 e. The van der Waals surface area contributed by atoms with Gasteiger partial charge in [0.2, 0.25) is 0 Å². The second-order valence-corrected chi connectivity index (χ2v) is 9.07. The first-order chi connectivity index (χ1) is 11.8. The van der Waals surface area contributed by atoms with Crippen LogP contribution in [0.4, 0.5) is 0 Å². The molecule has 0 spiro atoms. The third-order valence-corrected chi connectivity index (χ3v) is 5.30. The molecule has 0 aliphatic carbocycles. The molecule has 140 valence electrons. The Balaban J connectivity index is 2.70. The van der Waals surface area contributed by atoms with Crippen LogP contribution in [0.25, 0.3) is 0 Å². The van der Waals surface area contributed by atoms with Gasteiger partial charge in [-0.05, 0) is 30.2 Å². The van der Waals surface area contributed by atoms with Gasteiger partial charge in [0.15, 0.2) is 0 Å². The van der Waals surface area contributed by atoms with E-state index in [4.69, 9.17) is 0 Å². The van der Waals surface area contributed by atoms with Gasteiger partial charge in [-0.3, -0.25) is 4.72 Å². The maximum absolute atomic E-state index is 4.34. The van der Waals surface area contributed by atoms with Crippen LogP contribution >= 0.6 is 10.7 Å². The standard InChI is InChI=1S/C22H36N2S/c1-8-21(14-17(2)3)23-19(6)22(15-18(4)5)24-25(7)16-20-12-10-9-11-13-20/h8-13,17-18,21-24H,1,6-7,14-16H2,2-5H3. The molecule has 3 unspecified atom stereocenters. The summed E-state index contributed by atoms with van der Waals surface area (Å²) in [5, 5.41) is 3.57. The molecule has 0 aromatic heterocycles. The van der Waals surface area contributed by atoms with E-state index >= 15 is 0 Å². The van der Waals surface area contributed by atoms with Crippen LogP contribution < -0.4 is 10.0 Å². The van der Waals surface area contributed by atoms with Gasteiger partial charge in [0.25, 0.3) is 0 Å². The highest BCUT2D eigenvalue weighted by atomic mass is 32.2. The lowest BCUT2D eigenvalue weighted by Crippen LogP contribution is -2.38. The number of hydrogen-bond donors (Lipinski definition) is 2. The van der Waals surface area contributed by atoms with Crippen LogP contribution in [0.15, 0.2) is 55.3 Å². The molecule has 0 saturated carbocycles. The summed E-state index contributed by atoms with van der Waals surface area (Å²) in [6.07, 6.45) is 4.10. The minimum atomic E-state index is -0.142. The van der Waals surface area contributed by atoms with E-state index in [1.54, 1.807) is 0 Å². The fraction of sp³-hybridized carbons (Fsp3) is 0.500. The van der Waals surface area contributed by atoms with Crippen LogP contribution in [0.3, 0.4) is 0 Å². The van der Waals surface area contributed by atoms with Crippen LogP contribution in [-0.4, -0.2) is 18.0 Å². The lowest BCUT2D eigenvalue weighted by atomic mass is 10.00. The molecule has 1 aromatic rings. The quantitative estimate of drug-likeness (QED) is 0.379. The molecular weight excluding hydrogens is 324 g/mol. The second kappa shape index (κ2) is 11.3. The number of nitrogens with one attached hydrogen (secondary N) is 2. The van der Waals surface area contributed by atoms with Gasteiger partial charge >= 0.3 is 0 Å². The van der Waals surface area contributed by atoms with Gasteiger partial charge in [-0.25, -0.2) is 0 Å². The lowest BCUT2D eigenvalue weighted by Gasteiger charge is -2.28. The monoisotopic (exact) mass is 360 g/mol. The van der Waals surface area contributed by atoms with E-state index in [0.717, 1.165) is 24.3 Å². The zero-order valence-electron chi connectivity index (χ0n) is 16.4. The smallest absolute Gasteiger partial charge is 0.0560 e. The molecule has 1 aromatic carbocycles. The van der Waals surface area contributed by atoms with Crippen molar-refractivity contribution in [1.29, 1.82) is 0 Å². The Morgan fingerprint density at radius 3 is 2.20 bits per heavy atom. The van der Waals surface area contributed by atoms with Crippen LogP contribution in [0.5, 0.6) is 0 Å². The summed E-state index contributed by atoms with van der Waals surface area (Å²) < 4.78 is 3.70. The Bertz CT molecular complexity index is 548. The van der Waals surface area contributed by atoms with E-state index in [9.17, 15) is 0 Å². The topological polar surface area (TPSA) is 24.1 Å². The van der Waals surface area contributed by atoms with E-state index in [-0.39, 0.29) is 22.8 Å². The molecule has 25 heavy (non-hydrogen) atoms. The summed E-state index contributed by atoms with van der Waals surface area (Å²) in [6, 6.07) is 11.0. The lowest BCUT2D eigenvalue weighted by molar-refractivity contribution is 0.456. The summed E-state index contributed by atoms with van der Waals surface area (Å²) in [6.45, 7) is 17.3. The first-order valence-electron chi connectivity index (χ1n) is 9.20. The maximum atomic E-state index is 4.34. The van der Waals surface area contributed by atoms with Crippen molar-refractivity contribution in [3.63, 3.8) is 0 Å². The Hall–Kier alpha value is -1.32. The molecule has 0 aliphatic heterocycles. The number of benzene rings is 1. The molecule has 0 radical (unpaired) electrons. The molecule has 0 fully saturated rings. The van der Waals surface area contributed by atoms with Gasteiger partial charge in [0.1, 0.15) is 0 Å². The highest BCUT2D eigenvalue weighted by Gasteiger charge is 2.17. The second-order valence-electron chi connectivity index (χ2n) is 7.56. The zero-order valence-corrected chi connectivity index (χ0v) is 17.2. The van der Waals surface area contributed by atoms with Gasteiger partial charge in [0, 0.05) is 17.5 Å². The Morgan fingerprint density at radius 1 is 1.08 bits per heavy atom. The van der Waals surface area contributed by atoms with E-state index in [2.05, 4.69) is 87.1 Å². The molecule has 1 rings (SSSR count). The molecule has 0 aliphatic rings. The van der Waals surface area contributed by atoms with Gasteiger partial charge in [-0.15, -0.1) is 17.2 Å². The van der Waals surface area contributed by atoms with Crippen molar-refractivity contribution in [2.24, 2.45) is 11.8 Å². The Morgan fingerprint density at radius 2 is 1.68 bits per heavy atom. The van der Waals surface area contributed by atoms with Gasteiger partial charge in [-0.2, -0.15) is 0 Å². The van der Waals surface area contributed by atoms with Crippen molar-refractivity contribution < 1.29 is 0 Å². The summed E-state index contributed by atoms with van der Waals surface area (Å²) in [5.41, 5.74) is 2.37. The Labute approximate surface area is 157 Å². The van der Waals surface area contributed by atoms with Gasteiger partial charge in [0.05, 0.1) is 6.04 Å². The SMILES string of the molecule is C=CC(CC(C)C)NC(=C)C(CC(C)C)NS(=C)Cc1ccccc1. The first-order valence-corrected chi connectivity index (χ1v) is 10.8. The molecule has 3 heteroatoms. The van der Waals surface area contributed by atoms with E-state index in [0.29, 0.717) is 11.8 Å². The molecule has 2 nitrogen and oxygen atoms in total. The fourth-order valence-corrected chi connectivity index (χ4v) is 4.13. The number of hydrogen-bond acceptors (Lipinski definition) is 2. The van der Waals surface area contributed by atoms with Crippen LogP contribution in [0.1, 0.15) is 46.1 Å². The summed E-state index contributed by atoms with van der Waals surface area (Å²) in [7, 11) is -0.142. The van der Waals surface area contributed by atoms with Crippen molar-refractivity contribution in [2.45, 2.75) is 58.4 Å². The van der Waals surface area contributed by atoms with Crippen LogP contribution in [0.2, 0.25) is 0 Å². The molecule has 0 bridgehead atoms. The van der Waals surface area contributed by atoms with E-state index in [1.807, 2.05) is 6.08 Å². The molecular formula is C22H36N2S. The van der Waals surface area contributed by atoms with Gasteiger partial charge in [-0.1, -0.05) is 76.6 Å². The van der Waals surface area contributed by atoms with E-state index < -0.39 is 0 Å². The average Bonchev–Trinajstić information content (AvgIpc) is 2.53. The molecule has 0 saturated heterocycles. The summed E-state index contributed by atoms with van der Waals surface area (Å²) in [5.74, 6) is 6.50. The minimum absolute atomic E-state index is 0.142. The predicted octanol–water partition coefficient (Wildman–Crippen LogP) is 5.51. The summed E-state index contributed by atoms with van der Waals surface area (Å²) >= 11 is 0. The highest BCUT2D eigenvalue weighted by molar-refractivity contribution is 8.11. The van der Waals surface area contributed by atoms with Crippen molar-refractivity contribution >= 4 is 16.5 Å². The highest BCUT2D eigenvalue weighted by Crippen LogP contribution is 2.20. The van der Waals surface area contributed by atoms with Crippen molar-refractivity contribution in [1.82, 2.24) is 10.0 Å². The van der Waals surface area contributed by atoms with Crippen molar-refractivity contribution in [3.05, 3.63) is 60.8 Å². The molecule has 3 atom stereocenters. The average molecular weight is 361 g/mol. The van der Waals surface area contributed by atoms with E-state index in [1.165, 1.54) is 5.56 Å². The van der Waals surface area contributed by atoms with Gasteiger partial charge < -0.3 is 5.32 Å².